The third kappa shape index (κ3) is 2.81. The Morgan fingerprint density at radius 1 is 1.40 bits per heavy atom. The molecular formula is C13H10BrClN2O3. The highest BCUT2D eigenvalue weighted by Crippen LogP contribution is 2.21. The van der Waals surface area contributed by atoms with E-state index in [1.54, 1.807) is 29.2 Å². The van der Waals surface area contributed by atoms with E-state index < -0.39 is 0 Å². The number of hydrogen-bond donors (Lipinski definition) is 0. The average molecular weight is 358 g/mol. The second-order valence-corrected chi connectivity index (χ2v) is 5.59. The molecule has 7 heteroatoms. The zero-order chi connectivity index (χ0) is 14.1. The third-order valence-electron chi connectivity index (χ3n) is 2.91. The first-order valence-corrected chi connectivity index (χ1v) is 7.12. The van der Waals surface area contributed by atoms with Gasteiger partial charge in [-0.25, -0.2) is 4.98 Å². The SMILES string of the molecule is O=C(c1ccc(Br)o1)N1CC(Oc2ccc(Cl)cn2)C1. The second kappa shape index (κ2) is 5.46. The number of furan rings is 1. The van der Waals surface area contributed by atoms with Crippen molar-refractivity contribution in [2.45, 2.75) is 6.10 Å². The molecule has 1 saturated heterocycles. The number of carbonyl (C=O) groups is 1. The first kappa shape index (κ1) is 13.5. The minimum absolute atomic E-state index is 0.0500. The summed E-state index contributed by atoms with van der Waals surface area (Å²) in [6.45, 7) is 1.03. The predicted molar refractivity (Wildman–Crippen MR) is 76.0 cm³/mol. The van der Waals surface area contributed by atoms with Crippen LogP contribution in [0.15, 0.2) is 39.5 Å². The van der Waals surface area contributed by atoms with E-state index in [0.717, 1.165) is 0 Å². The number of likely N-dealkylation sites (tertiary alicyclic amines) is 1. The van der Waals surface area contributed by atoms with Gasteiger partial charge in [0, 0.05) is 12.3 Å². The van der Waals surface area contributed by atoms with E-state index in [4.69, 9.17) is 20.8 Å². The molecule has 1 aliphatic heterocycles. The van der Waals surface area contributed by atoms with Crippen LogP contribution in [0.3, 0.4) is 0 Å². The highest BCUT2D eigenvalue weighted by atomic mass is 79.9. The quantitative estimate of drug-likeness (QED) is 0.847. The minimum Gasteiger partial charge on any atom is -0.471 e. The van der Waals surface area contributed by atoms with Crippen molar-refractivity contribution < 1.29 is 13.9 Å². The molecule has 5 nitrogen and oxygen atoms in total. The normalized spacial score (nSPS) is 15.0. The Hall–Kier alpha value is -1.53. The van der Waals surface area contributed by atoms with Crippen LogP contribution in [0.4, 0.5) is 0 Å². The Morgan fingerprint density at radius 2 is 2.20 bits per heavy atom. The van der Waals surface area contributed by atoms with Crippen molar-refractivity contribution in [3.8, 4) is 5.88 Å². The van der Waals surface area contributed by atoms with Crippen molar-refractivity contribution in [1.82, 2.24) is 9.88 Å². The third-order valence-corrected chi connectivity index (χ3v) is 3.56. The van der Waals surface area contributed by atoms with Crippen LogP contribution in [0, 0.1) is 0 Å². The maximum atomic E-state index is 12.0. The van der Waals surface area contributed by atoms with Gasteiger partial charge in [-0.05, 0) is 34.1 Å². The molecule has 3 heterocycles. The van der Waals surface area contributed by atoms with Gasteiger partial charge in [-0.2, -0.15) is 0 Å². The fraction of sp³-hybridized carbons (Fsp3) is 0.231. The summed E-state index contributed by atoms with van der Waals surface area (Å²) >= 11 is 8.92. The molecule has 0 atom stereocenters. The van der Waals surface area contributed by atoms with E-state index in [2.05, 4.69) is 20.9 Å². The molecule has 20 heavy (non-hydrogen) atoms. The van der Waals surface area contributed by atoms with Crippen LogP contribution < -0.4 is 4.74 Å². The van der Waals surface area contributed by atoms with Gasteiger partial charge in [0.25, 0.3) is 5.91 Å². The maximum Gasteiger partial charge on any atom is 0.289 e. The number of ether oxygens (including phenoxy) is 1. The van der Waals surface area contributed by atoms with E-state index in [9.17, 15) is 4.79 Å². The molecule has 0 unspecified atom stereocenters. The van der Waals surface area contributed by atoms with Crippen molar-refractivity contribution in [3.05, 3.63) is 45.9 Å². The zero-order valence-electron chi connectivity index (χ0n) is 10.3. The van der Waals surface area contributed by atoms with Gasteiger partial charge in [0.05, 0.1) is 18.1 Å². The lowest BCUT2D eigenvalue weighted by Gasteiger charge is -2.38. The lowest BCUT2D eigenvalue weighted by atomic mass is 10.1. The van der Waals surface area contributed by atoms with Crippen molar-refractivity contribution in [1.29, 1.82) is 0 Å². The molecule has 0 N–H and O–H groups in total. The highest BCUT2D eigenvalue weighted by molar-refractivity contribution is 9.10. The van der Waals surface area contributed by atoms with Crippen molar-refractivity contribution in [2.24, 2.45) is 0 Å². The molecule has 2 aromatic heterocycles. The van der Waals surface area contributed by atoms with E-state index in [1.165, 1.54) is 6.20 Å². The van der Waals surface area contributed by atoms with Gasteiger partial charge < -0.3 is 14.1 Å². The van der Waals surface area contributed by atoms with Gasteiger partial charge >= 0.3 is 0 Å². The average Bonchev–Trinajstić information content (AvgIpc) is 2.81. The fourth-order valence-electron chi connectivity index (χ4n) is 1.87. The van der Waals surface area contributed by atoms with Crippen LogP contribution in [0.5, 0.6) is 5.88 Å². The van der Waals surface area contributed by atoms with Gasteiger partial charge in [0.15, 0.2) is 10.4 Å². The zero-order valence-corrected chi connectivity index (χ0v) is 12.6. The number of nitrogens with zero attached hydrogens (tertiary/aromatic N) is 2. The summed E-state index contributed by atoms with van der Waals surface area (Å²) < 4.78 is 11.4. The summed E-state index contributed by atoms with van der Waals surface area (Å²) in [5.41, 5.74) is 0. The first-order valence-electron chi connectivity index (χ1n) is 5.94. The van der Waals surface area contributed by atoms with Crippen molar-refractivity contribution in [3.63, 3.8) is 0 Å². The molecule has 0 aliphatic carbocycles. The summed E-state index contributed by atoms with van der Waals surface area (Å²) in [5, 5.41) is 0.561. The van der Waals surface area contributed by atoms with Gasteiger partial charge in [-0.15, -0.1) is 0 Å². The molecule has 0 spiro atoms. The van der Waals surface area contributed by atoms with Crippen molar-refractivity contribution in [2.75, 3.05) is 13.1 Å². The highest BCUT2D eigenvalue weighted by Gasteiger charge is 2.34. The predicted octanol–water partition coefficient (Wildman–Crippen LogP) is 2.99. The lowest BCUT2D eigenvalue weighted by Crippen LogP contribution is -2.56. The van der Waals surface area contributed by atoms with Gasteiger partial charge in [0.2, 0.25) is 5.88 Å². The monoisotopic (exact) mass is 356 g/mol. The second-order valence-electron chi connectivity index (χ2n) is 4.37. The molecule has 3 rings (SSSR count). The summed E-state index contributed by atoms with van der Waals surface area (Å²) in [6, 6.07) is 6.75. The van der Waals surface area contributed by atoms with Crippen LogP contribution in [0.2, 0.25) is 5.02 Å². The Bertz CT molecular complexity index is 623. The molecule has 2 aromatic rings. The summed E-state index contributed by atoms with van der Waals surface area (Å²) in [5.74, 6) is 0.687. The van der Waals surface area contributed by atoms with Crippen molar-refractivity contribution >= 4 is 33.4 Å². The lowest BCUT2D eigenvalue weighted by molar-refractivity contribution is 0.0137. The van der Waals surface area contributed by atoms with E-state index >= 15 is 0 Å². The number of pyridine rings is 1. The number of rotatable bonds is 3. The van der Waals surface area contributed by atoms with Gasteiger partial charge in [-0.1, -0.05) is 11.6 Å². The topological polar surface area (TPSA) is 55.6 Å². The van der Waals surface area contributed by atoms with E-state index in [1.807, 2.05) is 0 Å². The number of aromatic nitrogens is 1. The molecule has 104 valence electrons. The first-order chi connectivity index (χ1) is 9.61. The smallest absolute Gasteiger partial charge is 0.289 e. The van der Waals surface area contributed by atoms with Gasteiger partial charge in [-0.3, -0.25) is 4.79 Å². The Labute approximate surface area is 128 Å². The Kier molecular flexibility index (Phi) is 3.67. The van der Waals surface area contributed by atoms with Crippen LogP contribution in [-0.2, 0) is 0 Å². The molecular weight excluding hydrogens is 348 g/mol. The van der Waals surface area contributed by atoms with Crippen LogP contribution in [0.25, 0.3) is 0 Å². The fourth-order valence-corrected chi connectivity index (χ4v) is 2.28. The number of halogens is 2. The largest absolute Gasteiger partial charge is 0.471 e. The van der Waals surface area contributed by atoms with E-state index in [-0.39, 0.29) is 12.0 Å². The maximum absolute atomic E-state index is 12.0. The standard InChI is InChI=1S/C13H10BrClN2O3/c14-11-3-2-10(20-11)13(18)17-6-9(7-17)19-12-4-1-8(15)5-16-12/h1-5,9H,6-7H2. The summed E-state index contributed by atoms with van der Waals surface area (Å²) in [6.07, 6.45) is 1.48. The molecule has 1 fully saturated rings. The molecule has 1 amide bonds. The van der Waals surface area contributed by atoms with Crippen LogP contribution >= 0.6 is 27.5 Å². The number of carbonyl (C=O) groups excluding carboxylic acids is 1. The molecule has 0 bridgehead atoms. The molecule has 0 saturated carbocycles. The van der Waals surface area contributed by atoms with E-state index in [0.29, 0.717) is 34.4 Å². The summed E-state index contributed by atoms with van der Waals surface area (Å²) in [4.78, 5) is 17.7. The number of amides is 1. The van der Waals surface area contributed by atoms with Crippen LogP contribution in [-0.4, -0.2) is 35.0 Å². The minimum atomic E-state index is -0.139. The number of hydrogen-bond acceptors (Lipinski definition) is 4. The Morgan fingerprint density at radius 3 is 2.80 bits per heavy atom. The summed E-state index contributed by atoms with van der Waals surface area (Å²) in [7, 11) is 0. The van der Waals surface area contributed by atoms with Gasteiger partial charge in [0.1, 0.15) is 6.10 Å². The Balaban J connectivity index is 1.53. The molecule has 0 aromatic carbocycles. The molecule has 0 radical (unpaired) electrons. The molecule has 1 aliphatic rings. The van der Waals surface area contributed by atoms with Crippen LogP contribution in [0.1, 0.15) is 10.6 Å².